The Kier molecular flexibility index (Phi) is 4.04. The summed E-state index contributed by atoms with van der Waals surface area (Å²) in [5.41, 5.74) is 2.42. The van der Waals surface area contributed by atoms with E-state index in [0.717, 1.165) is 25.9 Å². The Balaban J connectivity index is 1.70. The van der Waals surface area contributed by atoms with Gasteiger partial charge in [-0.1, -0.05) is 6.07 Å². The maximum Gasteiger partial charge on any atom is 0.0710 e. The summed E-state index contributed by atoms with van der Waals surface area (Å²) in [6, 6.07) is 8.26. The van der Waals surface area contributed by atoms with Crippen molar-refractivity contribution in [2.24, 2.45) is 0 Å². The van der Waals surface area contributed by atoms with Crippen molar-refractivity contribution in [2.45, 2.75) is 31.5 Å². The average Bonchev–Trinajstić information content (AvgIpc) is 2.83. The molecule has 20 heavy (non-hydrogen) atoms. The van der Waals surface area contributed by atoms with Crippen LogP contribution in [0.25, 0.3) is 0 Å². The van der Waals surface area contributed by atoms with Crippen molar-refractivity contribution in [3.8, 4) is 0 Å². The Labute approximate surface area is 119 Å². The first-order valence-electron chi connectivity index (χ1n) is 7.03. The van der Waals surface area contributed by atoms with Crippen LogP contribution in [0.4, 0.5) is 0 Å². The zero-order chi connectivity index (χ0) is 13.8. The van der Waals surface area contributed by atoms with E-state index >= 15 is 0 Å². The highest BCUT2D eigenvalue weighted by Gasteiger charge is 2.32. The molecule has 3 heterocycles. The van der Waals surface area contributed by atoms with E-state index in [9.17, 15) is 5.11 Å². The molecule has 3 rings (SSSR count). The molecule has 1 aliphatic heterocycles. The summed E-state index contributed by atoms with van der Waals surface area (Å²) in [4.78, 5) is 10.6. The van der Waals surface area contributed by atoms with E-state index < -0.39 is 0 Å². The summed E-state index contributed by atoms with van der Waals surface area (Å²) < 4.78 is 0. The van der Waals surface area contributed by atoms with Gasteiger partial charge in [-0.3, -0.25) is 14.9 Å². The minimum absolute atomic E-state index is 0.173. The van der Waals surface area contributed by atoms with Crippen molar-refractivity contribution in [3.63, 3.8) is 0 Å². The van der Waals surface area contributed by atoms with Gasteiger partial charge in [0.05, 0.1) is 6.10 Å². The highest BCUT2D eigenvalue weighted by atomic mass is 16.3. The van der Waals surface area contributed by atoms with E-state index in [1.165, 1.54) is 11.1 Å². The second-order valence-corrected chi connectivity index (χ2v) is 5.31. The Morgan fingerprint density at radius 1 is 1.10 bits per heavy atom. The largest absolute Gasteiger partial charge is 0.391 e. The number of aromatic nitrogens is 2. The molecule has 0 aliphatic carbocycles. The molecule has 0 amide bonds. The van der Waals surface area contributed by atoms with Crippen molar-refractivity contribution in [3.05, 3.63) is 60.2 Å². The molecule has 1 N–H and O–H groups in total. The molecule has 2 atom stereocenters. The first-order valence-corrected chi connectivity index (χ1v) is 7.03. The van der Waals surface area contributed by atoms with Crippen molar-refractivity contribution >= 4 is 0 Å². The van der Waals surface area contributed by atoms with Crippen LogP contribution in [0, 0.1) is 0 Å². The molecule has 4 heteroatoms. The Morgan fingerprint density at radius 3 is 2.70 bits per heavy atom. The maximum absolute atomic E-state index is 10.2. The zero-order valence-electron chi connectivity index (χ0n) is 11.4. The molecule has 1 saturated heterocycles. The van der Waals surface area contributed by atoms with Crippen LogP contribution >= 0.6 is 0 Å². The van der Waals surface area contributed by atoms with Crippen LogP contribution in [0.5, 0.6) is 0 Å². The third kappa shape index (κ3) is 3.03. The predicted octanol–water partition coefficient (Wildman–Crippen LogP) is 1.65. The maximum atomic E-state index is 10.2. The van der Waals surface area contributed by atoms with Gasteiger partial charge in [0.15, 0.2) is 0 Å². The third-order valence-corrected chi connectivity index (χ3v) is 3.93. The summed E-state index contributed by atoms with van der Waals surface area (Å²) in [5.74, 6) is 0. The molecule has 0 saturated carbocycles. The fraction of sp³-hybridized carbons (Fsp3) is 0.375. The number of aliphatic hydroxyl groups excluding tert-OH is 1. The smallest absolute Gasteiger partial charge is 0.0710 e. The monoisotopic (exact) mass is 269 g/mol. The van der Waals surface area contributed by atoms with Crippen molar-refractivity contribution in [1.82, 2.24) is 14.9 Å². The van der Waals surface area contributed by atoms with E-state index in [1.54, 1.807) is 6.20 Å². The highest BCUT2D eigenvalue weighted by molar-refractivity contribution is 5.14. The van der Waals surface area contributed by atoms with Crippen LogP contribution in [0.1, 0.15) is 17.5 Å². The molecule has 1 aliphatic rings. The van der Waals surface area contributed by atoms with Gasteiger partial charge in [-0.05, 0) is 42.2 Å². The Hall–Kier alpha value is -1.78. The number of likely N-dealkylation sites (tertiary alicyclic amines) is 1. The van der Waals surface area contributed by atoms with Gasteiger partial charge in [0.1, 0.15) is 0 Å². The molecular weight excluding hydrogens is 250 g/mol. The van der Waals surface area contributed by atoms with Gasteiger partial charge in [0.2, 0.25) is 0 Å². The second kappa shape index (κ2) is 6.11. The van der Waals surface area contributed by atoms with Crippen LogP contribution in [0.15, 0.2) is 49.1 Å². The second-order valence-electron chi connectivity index (χ2n) is 5.31. The predicted molar refractivity (Wildman–Crippen MR) is 77.0 cm³/mol. The number of pyridine rings is 2. The van der Waals surface area contributed by atoms with Crippen LogP contribution in [0.3, 0.4) is 0 Å². The Bertz CT molecular complexity index is 532. The first kappa shape index (κ1) is 13.2. The van der Waals surface area contributed by atoms with Crippen molar-refractivity contribution in [1.29, 1.82) is 0 Å². The highest BCUT2D eigenvalue weighted by Crippen LogP contribution is 2.23. The van der Waals surface area contributed by atoms with Gasteiger partial charge in [-0.25, -0.2) is 0 Å². The lowest BCUT2D eigenvalue weighted by Gasteiger charge is -2.26. The summed E-state index contributed by atoms with van der Waals surface area (Å²) >= 11 is 0. The number of hydrogen-bond donors (Lipinski definition) is 1. The zero-order valence-corrected chi connectivity index (χ0v) is 11.4. The molecule has 2 aromatic heterocycles. The van der Waals surface area contributed by atoms with Gasteiger partial charge >= 0.3 is 0 Å². The van der Waals surface area contributed by atoms with Gasteiger partial charge in [-0.15, -0.1) is 0 Å². The normalized spacial score (nSPS) is 23.1. The van der Waals surface area contributed by atoms with Crippen LogP contribution in [-0.2, 0) is 13.0 Å². The first-order chi connectivity index (χ1) is 9.83. The summed E-state index contributed by atoms with van der Waals surface area (Å²) in [6.07, 6.45) is 8.74. The topological polar surface area (TPSA) is 49.2 Å². The molecule has 2 aromatic rings. The van der Waals surface area contributed by atoms with Gasteiger partial charge in [0.25, 0.3) is 0 Å². The van der Waals surface area contributed by atoms with Crippen LogP contribution in [0.2, 0.25) is 0 Å². The molecule has 4 nitrogen and oxygen atoms in total. The number of rotatable bonds is 4. The number of nitrogens with zero attached hydrogens (tertiary/aromatic N) is 3. The molecular formula is C16H19N3O. The number of hydrogen-bond acceptors (Lipinski definition) is 4. The van der Waals surface area contributed by atoms with E-state index in [1.807, 2.05) is 36.8 Å². The lowest BCUT2D eigenvalue weighted by Crippen LogP contribution is -2.36. The molecule has 0 spiro atoms. The van der Waals surface area contributed by atoms with Crippen LogP contribution in [-0.4, -0.2) is 38.7 Å². The number of aliphatic hydroxyl groups is 1. The molecule has 0 unspecified atom stereocenters. The minimum atomic E-state index is -0.253. The van der Waals surface area contributed by atoms with Crippen molar-refractivity contribution in [2.75, 3.05) is 6.54 Å². The lowest BCUT2D eigenvalue weighted by molar-refractivity contribution is 0.112. The fourth-order valence-electron chi connectivity index (χ4n) is 2.84. The summed E-state index contributed by atoms with van der Waals surface area (Å²) in [7, 11) is 0. The van der Waals surface area contributed by atoms with Gasteiger partial charge in [0, 0.05) is 43.9 Å². The average molecular weight is 269 g/mol. The van der Waals surface area contributed by atoms with Crippen LogP contribution < -0.4 is 0 Å². The Morgan fingerprint density at radius 2 is 1.95 bits per heavy atom. The molecule has 0 radical (unpaired) electrons. The molecule has 0 bridgehead atoms. The lowest BCUT2D eigenvalue weighted by atomic mass is 10.0. The summed E-state index contributed by atoms with van der Waals surface area (Å²) in [6.45, 7) is 1.80. The molecule has 1 fully saturated rings. The molecule has 0 aromatic carbocycles. The third-order valence-electron chi connectivity index (χ3n) is 3.93. The van der Waals surface area contributed by atoms with Gasteiger partial charge < -0.3 is 5.11 Å². The van der Waals surface area contributed by atoms with Crippen molar-refractivity contribution < 1.29 is 5.11 Å². The van der Waals surface area contributed by atoms with E-state index in [4.69, 9.17) is 0 Å². The summed E-state index contributed by atoms with van der Waals surface area (Å²) in [5, 5.41) is 10.2. The fourth-order valence-corrected chi connectivity index (χ4v) is 2.84. The molecule has 104 valence electrons. The van der Waals surface area contributed by atoms with E-state index in [-0.39, 0.29) is 12.1 Å². The van der Waals surface area contributed by atoms with E-state index in [0.29, 0.717) is 0 Å². The van der Waals surface area contributed by atoms with E-state index in [2.05, 4.69) is 20.9 Å². The SMILES string of the molecule is O[C@@H]1CCN(Cc2ccncc2)[C@@H]1Cc1cccnc1. The quantitative estimate of drug-likeness (QED) is 0.917. The standard InChI is InChI=1S/C16H19N3O/c20-16-5-9-19(12-13-3-7-17-8-4-13)15(16)10-14-2-1-6-18-11-14/h1-4,6-8,11,15-16,20H,5,9-10,12H2/t15-,16-/m1/s1. The minimum Gasteiger partial charge on any atom is -0.391 e. The van der Waals surface area contributed by atoms with Gasteiger partial charge in [-0.2, -0.15) is 0 Å².